The molecule has 2 saturated heterocycles. The van der Waals surface area contributed by atoms with Crippen molar-refractivity contribution in [3.8, 4) is 5.75 Å². The number of allylic oxidation sites excluding steroid dienone is 1. The molecule has 4 aromatic rings. The molecule has 1 saturated carbocycles. The van der Waals surface area contributed by atoms with Gasteiger partial charge in [0.25, 0.3) is 8.32 Å². The third-order valence-corrected chi connectivity index (χ3v) is 18.0. The topological polar surface area (TPSA) is 76.1 Å². The number of benzene rings is 4. The van der Waals surface area contributed by atoms with Gasteiger partial charge in [0, 0.05) is 12.0 Å². The van der Waals surface area contributed by atoms with E-state index in [0.717, 1.165) is 54.4 Å². The second kappa shape index (κ2) is 16.3. The lowest BCUT2D eigenvalue weighted by atomic mass is 9.69. The quantitative estimate of drug-likeness (QED) is 0.0712. The summed E-state index contributed by atoms with van der Waals surface area (Å²) >= 11 is 0. The number of phenolic OH excluding ortho intramolecular Hbond substituents is 1. The summed E-state index contributed by atoms with van der Waals surface area (Å²) in [6.07, 6.45) is 8.45. The number of halogens is 1. The van der Waals surface area contributed by atoms with Gasteiger partial charge in [0.2, 0.25) is 11.8 Å². The van der Waals surface area contributed by atoms with Crippen LogP contribution in [-0.4, -0.2) is 55.5 Å². The van der Waals surface area contributed by atoms with Gasteiger partial charge in [-0.25, -0.2) is 4.39 Å². The summed E-state index contributed by atoms with van der Waals surface area (Å²) in [5, 5.41) is 12.0. The monoisotopic (exact) mass is 783 g/mol. The lowest BCUT2D eigenvalue weighted by Crippen LogP contribution is -2.66. The first-order chi connectivity index (χ1) is 27.6. The van der Waals surface area contributed by atoms with Crippen molar-refractivity contribution >= 4 is 42.2 Å². The number of phenols is 1. The van der Waals surface area contributed by atoms with E-state index in [4.69, 9.17) is 9.16 Å². The van der Waals surface area contributed by atoms with Gasteiger partial charge in [-0.2, -0.15) is 0 Å². The molecule has 0 bridgehead atoms. The molecule has 8 rings (SSSR count). The van der Waals surface area contributed by atoms with E-state index in [-0.39, 0.29) is 40.7 Å². The predicted octanol–water partition coefficient (Wildman–Crippen LogP) is 9.08. The lowest BCUT2D eigenvalue weighted by molar-refractivity contribution is -0.143. The van der Waals surface area contributed by atoms with E-state index < -0.39 is 26.0 Å². The van der Waals surface area contributed by atoms with E-state index in [1.807, 2.05) is 36.4 Å². The molecule has 0 spiro atoms. The summed E-state index contributed by atoms with van der Waals surface area (Å²) in [4.78, 5) is 30.6. The number of imide groups is 1. The maximum absolute atomic E-state index is 14.5. The van der Waals surface area contributed by atoms with Crippen LogP contribution in [0.2, 0.25) is 5.04 Å². The first kappa shape index (κ1) is 39.2. The first-order valence-corrected chi connectivity index (χ1v) is 22.7. The molecule has 4 atom stereocenters. The summed E-state index contributed by atoms with van der Waals surface area (Å²) in [6.45, 7) is 7.56. The fourth-order valence-corrected chi connectivity index (χ4v) is 14.9. The van der Waals surface area contributed by atoms with Crippen LogP contribution in [0.3, 0.4) is 0 Å². The molecule has 2 amide bonds. The molecule has 57 heavy (non-hydrogen) atoms. The van der Waals surface area contributed by atoms with E-state index in [1.165, 1.54) is 22.5 Å². The van der Waals surface area contributed by atoms with Crippen LogP contribution in [0.5, 0.6) is 5.75 Å². The number of hydrogen-bond donors (Lipinski definition) is 1. The number of rotatable bonds is 11. The molecule has 0 radical (unpaired) electrons. The second-order valence-corrected chi connectivity index (χ2v) is 21.7. The van der Waals surface area contributed by atoms with Crippen molar-refractivity contribution in [2.24, 2.45) is 17.8 Å². The number of carbonyl (C=O) groups excluding carboxylic acids is 2. The molecule has 4 aromatic carbocycles. The number of carbonyl (C=O) groups is 2. The van der Waals surface area contributed by atoms with Gasteiger partial charge in [-0.15, -0.1) is 0 Å². The van der Waals surface area contributed by atoms with Gasteiger partial charge in [0.1, 0.15) is 0 Å². The molecular weight excluding hydrogens is 730 g/mol. The molecule has 6 nitrogen and oxygen atoms in total. The Morgan fingerprint density at radius 3 is 2.11 bits per heavy atom. The Labute approximate surface area is 337 Å². The average molecular weight is 784 g/mol. The Kier molecular flexibility index (Phi) is 11.2. The number of likely N-dealkylation sites (tertiary alicyclic amines) is 1. The normalized spacial score (nSPS) is 23.2. The Morgan fingerprint density at radius 1 is 0.860 bits per heavy atom. The van der Waals surface area contributed by atoms with Crippen LogP contribution in [0.25, 0.3) is 11.6 Å². The highest BCUT2D eigenvalue weighted by Crippen LogP contribution is 2.51. The van der Waals surface area contributed by atoms with Gasteiger partial charge >= 0.3 is 0 Å². The SMILES string of the molecule is CC(C)(C)[Si](OCC1=C2[C@@H](CC/C(=C/c3ccc(O)c(F)c3)c3ccccc3)OC[C@@H]2[C@@H]2C(=O)N(C3CCCCC3)C(=O)[C@@H]2C1)(c1ccccc1)c1ccccc1. The summed E-state index contributed by atoms with van der Waals surface area (Å²) in [5.41, 5.74) is 4.92. The largest absolute Gasteiger partial charge is 0.505 e. The third kappa shape index (κ3) is 7.48. The van der Waals surface area contributed by atoms with E-state index in [9.17, 15) is 19.1 Å². The lowest BCUT2D eigenvalue weighted by Gasteiger charge is -2.44. The number of hydrogen-bond acceptors (Lipinski definition) is 5. The van der Waals surface area contributed by atoms with Crippen LogP contribution < -0.4 is 10.4 Å². The zero-order valence-corrected chi connectivity index (χ0v) is 34.3. The minimum Gasteiger partial charge on any atom is -0.505 e. The Bertz CT molecular complexity index is 2100. The van der Waals surface area contributed by atoms with Crippen molar-refractivity contribution in [3.63, 3.8) is 0 Å². The molecule has 2 heterocycles. The van der Waals surface area contributed by atoms with Crippen molar-refractivity contribution < 1.29 is 28.2 Å². The molecule has 296 valence electrons. The van der Waals surface area contributed by atoms with Gasteiger partial charge in [0.15, 0.2) is 11.6 Å². The van der Waals surface area contributed by atoms with Crippen LogP contribution in [0.4, 0.5) is 4.39 Å². The van der Waals surface area contributed by atoms with Crippen molar-refractivity contribution in [2.75, 3.05) is 13.2 Å². The van der Waals surface area contributed by atoms with E-state index in [0.29, 0.717) is 38.0 Å². The van der Waals surface area contributed by atoms with Gasteiger partial charge in [-0.3, -0.25) is 14.5 Å². The molecule has 3 fully saturated rings. The number of aromatic hydroxyl groups is 1. The minimum atomic E-state index is -2.93. The molecule has 1 N–H and O–H groups in total. The molecule has 0 unspecified atom stereocenters. The van der Waals surface area contributed by atoms with Crippen LogP contribution >= 0.6 is 0 Å². The molecule has 0 aromatic heterocycles. The van der Waals surface area contributed by atoms with Crippen molar-refractivity contribution in [1.29, 1.82) is 0 Å². The van der Waals surface area contributed by atoms with Gasteiger partial charge in [-0.1, -0.05) is 143 Å². The smallest absolute Gasteiger partial charge is 0.261 e. The Hall–Kier alpha value is -4.63. The zero-order chi connectivity index (χ0) is 39.7. The fraction of sp³-hybridized carbons (Fsp3) is 0.388. The first-order valence-electron chi connectivity index (χ1n) is 20.8. The maximum Gasteiger partial charge on any atom is 0.261 e. The maximum atomic E-state index is 14.5. The predicted molar refractivity (Wildman–Crippen MR) is 226 cm³/mol. The summed E-state index contributed by atoms with van der Waals surface area (Å²) < 4.78 is 28.8. The zero-order valence-electron chi connectivity index (χ0n) is 33.3. The Balaban J connectivity index is 1.18. The second-order valence-electron chi connectivity index (χ2n) is 17.4. The van der Waals surface area contributed by atoms with Gasteiger partial charge in [-0.05, 0) is 87.5 Å². The minimum absolute atomic E-state index is 0.0159. The van der Waals surface area contributed by atoms with E-state index >= 15 is 0 Å². The molecule has 2 aliphatic heterocycles. The Morgan fingerprint density at radius 2 is 1.49 bits per heavy atom. The number of ether oxygens (including phenoxy) is 1. The molecule has 2 aliphatic carbocycles. The van der Waals surface area contributed by atoms with Gasteiger partial charge in [0.05, 0.1) is 31.2 Å². The summed E-state index contributed by atoms with van der Waals surface area (Å²) in [7, 11) is -2.93. The highest BCUT2D eigenvalue weighted by molar-refractivity contribution is 6.99. The summed E-state index contributed by atoms with van der Waals surface area (Å²) in [6, 6.07) is 35.7. The standard InChI is InChI=1S/C49H54FNO5Si/c1-49(2,3)57(38-20-12-6-13-21-38,39-22-14-7-15-23-39)56-31-36-30-40-46(48(54)51(47(40)53)37-18-10-5-11-19-37)41-32-55-44(45(36)41)27-25-35(34-16-8-4-9-17-34)28-33-24-26-43(52)42(50)29-33/h4,6-9,12-17,20-24,26,28-29,37,40-41,44,46,52H,5,10-11,18-19,25,27,30-32H2,1-3H3/b35-28-/t40-,41+,44-,46-/m1/s1. The molecule has 4 aliphatic rings. The number of nitrogens with zero attached hydrogens (tertiary/aromatic N) is 1. The van der Waals surface area contributed by atoms with Crippen LogP contribution in [0.15, 0.2) is 120 Å². The number of amides is 2. The van der Waals surface area contributed by atoms with Crippen LogP contribution in [0.1, 0.15) is 83.3 Å². The van der Waals surface area contributed by atoms with Crippen molar-refractivity contribution in [1.82, 2.24) is 4.90 Å². The summed E-state index contributed by atoms with van der Waals surface area (Å²) in [5.74, 6) is -2.13. The average Bonchev–Trinajstić information content (AvgIpc) is 3.76. The van der Waals surface area contributed by atoms with E-state index in [2.05, 4.69) is 81.4 Å². The van der Waals surface area contributed by atoms with E-state index in [1.54, 1.807) is 11.0 Å². The molecular formula is C49H54FNO5Si. The number of fused-ring (bicyclic) bond motifs is 3. The molecule has 8 heteroatoms. The highest BCUT2D eigenvalue weighted by atomic mass is 28.4. The van der Waals surface area contributed by atoms with Crippen LogP contribution in [0, 0.1) is 23.6 Å². The van der Waals surface area contributed by atoms with Crippen LogP contribution in [-0.2, 0) is 18.8 Å². The fourth-order valence-electron chi connectivity index (χ4n) is 10.3. The van der Waals surface area contributed by atoms with Gasteiger partial charge < -0.3 is 14.3 Å². The highest BCUT2D eigenvalue weighted by Gasteiger charge is 2.59. The van der Waals surface area contributed by atoms with Crippen molar-refractivity contribution in [2.45, 2.75) is 89.3 Å². The third-order valence-electron chi connectivity index (χ3n) is 13.0. The van der Waals surface area contributed by atoms with Crippen molar-refractivity contribution in [3.05, 3.63) is 137 Å².